The highest BCUT2D eigenvalue weighted by molar-refractivity contribution is 5.74. The standard InChI is InChI=1S/C18H25N5O/c1-3-22-13-20-21-17(22)10-16-8-9-23(12-16)18(24)19-11-15-6-4-14(2)5-7-15/h4-7,13,16H,3,8-12H2,1-2H3,(H,19,24). The molecule has 3 rings (SSSR count). The van der Waals surface area contributed by atoms with Crippen molar-refractivity contribution in [2.24, 2.45) is 5.92 Å². The van der Waals surface area contributed by atoms with Crippen molar-refractivity contribution in [2.45, 2.75) is 39.8 Å². The number of amides is 2. The Morgan fingerprint density at radius 3 is 2.88 bits per heavy atom. The summed E-state index contributed by atoms with van der Waals surface area (Å²) in [6, 6.07) is 8.27. The van der Waals surface area contributed by atoms with E-state index in [9.17, 15) is 4.79 Å². The van der Waals surface area contributed by atoms with E-state index in [1.54, 1.807) is 6.33 Å². The lowest BCUT2D eigenvalue weighted by Gasteiger charge is -2.17. The van der Waals surface area contributed by atoms with Crippen molar-refractivity contribution in [2.75, 3.05) is 13.1 Å². The summed E-state index contributed by atoms with van der Waals surface area (Å²) in [6.45, 7) is 7.21. The second-order valence-corrected chi connectivity index (χ2v) is 6.48. The predicted molar refractivity (Wildman–Crippen MR) is 92.5 cm³/mol. The van der Waals surface area contributed by atoms with Crippen LogP contribution in [0.2, 0.25) is 0 Å². The molecule has 2 heterocycles. The third-order valence-corrected chi connectivity index (χ3v) is 4.65. The number of rotatable bonds is 5. The topological polar surface area (TPSA) is 63.1 Å². The third-order valence-electron chi connectivity index (χ3n) is 4.65. The zero-order valence-corrected chi connectivity index (χ0v) is 14.4. The molecule has 1 aliphatic heterocycles. The Hall–Kier alpha value is -2.37. The summed E-state index contributed by atoms with van der Waals surface area (Å²) in [4.78, 5) is 14.2. The van der Waals surface area contributed by atoms with Crippen LogP contribution in [-0.2, 0) is 19.5 Å². The fourth-order valence-corrected chi connectivity index (χ4v) is 3.14. The van der Waals surface area contributed by atoms with Crippen LogP contribution in [0.4, 0.5) is 4.79 Å². The number of aromatic nitrogens is 3. The van der Waals surface area contributed by atoms with Crippen LogP contribution in [0, 0.1) is 12.8 Å². The van der Waals surface area contributed by atoms with E-state index >= 15 is 0 Å². The first-order chi connectivity index (χ1) is 11.7. The van der Waals surface area contributed by atoms with Gasteiger partial charge in [0.1, 0.15) is 12.2 Å². The van der Waals surface area contributed by atoms with E-state index in [2.05, 4.69) is 58.2 Å². The maximum absolute atomic E-state index is 12.3. The lowest BCUT2D eigenvalue weighted by atomic mass is 10.0. The number of likely N-dealkylation sites (tertiary alicyclic amines) is 1. The van der Waals surface area contributed by atoms with Crippen LogP contribution in [0.3, 0.4) is 0 Å². The Balaban J connectivity index is 1.48. The number of hydrogen-bond acceptors (Lipinski definition) is 3. The molecule has 1 atom stereocenters. The lowest BCUT2D eigenvalue weighted by Crippen LogP contribution is -2.38. The number of hydrogen-bond donors (Lipinski definition) is 1. The molecule has 1 aromatic heterocycles. The second-order valence-electron chi connectivity index (χ2n) is 6.48. The van der Waals surface area contributed by atoms with Gasteiger partial charge in [0.15, 0.2) is 0 Å². The average Bonchev–Trinajstić information content (AvgIpc) is 3.23. The van der Waals surface area contributed by atoms with E-state index in [4.69, 9.17) is 0 Å². The van der Waals surface area contributed by atoms with Crippen molar-refractivity contribution in [3.8, 4) is 0 Å². The van der Waals surface area contributed by atoms with Crippen molar-refractivity contribution in [1.82, 2.24) is 25.0 Å². The summed E-state index contributed by atoms with van der Waals surface area (Å²) in [5.41, 5.74) is 2.35. The minimum absolute atomic E-state index is 0.0232. The van der Waals surface area contributed by atoms with E-state index < -0.39 is 0 Å². The Labute approximate surface area is 142 Å². The van der Waals surface area contributed by atoms with Gasteiger partial charge in [0.25, 0.3) is 0 Å². The van der Waals surface area contributed by atoms with Crippen LogP contribution in [-0.4, -0.2) is 38.8 Å². The molecule has 0 bridgehead atoms. The van der Waals surface area contributed by atoms with E-state index in [1.165, 1.54) is 5.56 Å². The van der Waals surface area contributed by atoms with Crippen molar-refractivity contribution in [3.05, 3.63) is 47.5 Å². The normalized spacial score (nSPS) is 17.2. The largest absolute Gasteiger partial charge is 0.334 e. The van der Waals surface area contributed by atoms with Crippen LogP contribution >= 0.6 is 0 Å². The van der Waals surface area contributed by atoms with E-state index in [0.29, 0.717) is 12.5 Å². The minimum Gasteiger partial charge on any atom is -0.334 e. The summed E-state index contributed by atoms with van der Waals surface area (Å²) in [5, 5.41) is 11.2. The van der Waals surface area contributed by atoms with Crippen LogP contribution in [0.15, 0.2) is 30.6 Å². The second kappa shape index (κ2) is 7.47. The van der Waals surface area contributed by atoms with Crippen molar-refractivity contribution in [1.29, 1.82) is 0 Å². The predicted octanol–water partition coefficient (Wildman–Crippen LogP) is 2.38. The van der Waals surface area contributed by atoms with Gasteiger partial charge in [0.2, 0.25) is 0 Å². The van der Waals surface area contributed by atoms with E-state index in [1.807, 2.05) is 4.90 Å². The SMILES string of the molecule is CCn1cnnc1CC1CCN(C(=O)NCc2ccc(C)cc2)C1. The fourth-order valence-electron chi connectivity index (χ4n) is 3.14. The molecule has 2 aromatic rings. The first kappa shape index (κ1) is 16.5. The smallest absolute Gasteiger partial charge is 0.317 e. The molecule has 1 aromatic carbocycles. The van der Waals surface area contributed by atoms with Crippen molar-refractivity contribution >= 4 is 6.03 Å². The first-order valence-corrected chi connectivity index (χ1v) is 8.60. The van der Waals surface area contributed by atoms with Gasteiger partial charge in [-0.15, -0.1) is 10.2 Å². The van der Waals surface area contributed by atoms with Crippen LogP contribution < -0.4 is 5.32 Å². The highest BCUT2D eigenvalue weighted by Gasteiger charge is 2.27. The van der Waals surface area contributed by atoms with Gasteiger partial charge in [-0.1, -0.05) is 29.8 Å². The molecule has 0 aliphatic carbocycles. The zero-order valence-electron chi connectivity index (χ0n) is 14.4. The quantitative estimate of drug-likeness (QED) is 0.917. The van der Waals surface area contributed by atoms with Gasteiger partial charge < -0.3 is 14.8 Å². The van der Waals surface area contributed by atoms with E-state index in [0.717, 1.165) is 43.9 Å². The van der Waals surface area contributed by atoms with Crippen LogP contribution in [0.5, 0.6) is 0 Å². The number of benzene rings is 1. The number of carbonyl (C=O) groups is 1. The Kier molecular flexibility index (Phi) is 5.13. The Morgan fingerprint density at radius 1 is 1.33 bits per heavy atom. The first-order valence-electron chi connectivity index (χ1n) is 8.60. The fraction of sp³-hybridized carbons (Fsp3) is 0.500. The minimum atomic E-state index is 0.0232. The van der Waals surface area contributed by atoms with Crippen LogP contribution in [0.25, 0.3) is 0 Å². The number of nitrogens with one attached hydrogen (secondary N) is 1. The highest BCUT2D eigenvalue weighted by atomic mass is 16.2. The van der Waals surface area contributed by atoms with Gasteiger partial charge in [0, 0.05) is 32.6 Å². The third kappa shape index (κ3) is 3.93. The number of urea groups is 1. The molecule has 0 radical (unpaired) electrons. The average molecular weight is 327 g/mol. The number of carbonyl (C=O) groups excluding carboxylic acids is 1. The van der Waals surface area contributed by atoms with Gasteiger partial charge in [-0.05, 0) is 31.7 Å². The molecular weight excluding hydrogens is 302 g/mol. The maximum atomic E-state index is 12.3. The summed E-state index contributed by atoms with van der Waals surface area (Å²) in [6.07, 6.45) is 3.68. The maximum Gasteiger partial charge on any atom is 0.317 e. The molecule has 128 valence electrons. The summed E-state index contributed by atoms with van der Waals surface area (Å²) < 4.78 is 2.07. The highest BCUT2D eigenvalue weighted by Crippen LogP contribution is 2.20. The molecule has 6 heteroatoms. The number of nitrogens with zero attached hydrogens (tertiary/aromatic N) is 4. The zero-order chi connectivity index (χ0) is 16.9. The molecule has 24 heavy (non-hydrogen) atoms. The van der Waals surface area contributed by atoms with Crippen LogP contribution in [0.1, 0.15) is 30.3 Å². The van der Waals surface area contributed by atoms with Gasteiger partial charge in [0.05, 0.1) is 0 Å². The summed E-state index contributed by atoms with van der Waals surface area (Å²) >= 11 is 0. The molecule has 1 saturated heterocycles. The van der Waals surface area contributed by atoms with E-state index in [-0.39, 0.29) is 6.03 Å². The van der Waals surface area contributed by atoms with Gasteiger partial charge in [-0.25, -0.2) is 4.79 Å². The summed E-state index contributed by atoms with van der Waals surface area (Å²) in [5.74, 6) is 1.48. The Bertz CT molecular complexity index is 679. The van der Waals surface area contributed by atoms with Gasteiger partial charge in [-0.3, -0.25) is 0 Å². The molecule has 6 nitrogen and oxygen atoms in total. The molecule has 0 saturated carbocycles. The number of aryl methyl sites for hydroxylation is 2. The molecule has 0 spiro atoms. The molecular formula is C18H25N5O. The molecule has 1 fully saturated rings. The lowest BCUT2D eigenvalue weighted by molar-refractivity contribution is 0.206. The summed E-state index contributed by atoms with van der Waals surface area (Å²) in [7, 11) is 0. The molecule has 2 amide bonds. The molecule has 1 aliphatic rings. The van der Waals surface area contributed by atoms with Gasteiger partial charge in [-0.2, -0.15) is 0 Å². The van der Waals surface area contributed by atoms with Crippen molar-refractivity contribution < 1.29 is 4.79 Å². The monoisotopic (exact) mass is 327 g/mol. The Morgan fingerprint density at radius 2 is 2.12 bits per heavy atom. The van der Waals surface area contributed by atoms with Crippen molar-refractivity contribution in [3.63, 3.8) is 0 Å². The van der Waals surface area contributed by atoms with Gasteiger partial charge >= 0.3 is 6.03 Å². The molecule has 1 unspecified atom stereocenters. The molecule has 1 N–H and O–H groups in total.